The van der Waals surface area contributed by atoms with Crippen LogP contribution in [0.25, 0.3) is 0 Å². The predicted octanol–water partition coefficient (Wildman–Crippen LogP) is 2.71. The van der Waals surface area contributed by atoms with Gasteiger partial charge in [-0.25, -0.2) is 14.6 Å². The summed E-state index contributed by atoms with van der Waals surface area (Å²) in [6.07, 6.45) is 4.93. The molecule has 0 unspecified atom stereocenters. The first-order valence-corrected chi connectivity index (χ1v) is 7.92. The molecule has 0 aromatic carbocycles. The van der Waals surface area contributed by atoms with Crippen LogP contribution in [-0.4, -0.2) is 23.6 Å². The SMILES string of the molecule is C/C=C1\C(=O)O[C@@H]2O[C@@]3(C)CC[C@H]4[C@H](C)CC[C@@H]1[C@@]24OO3. The Balaban J connectivity index is 1.87. The van der Waals surface area contributed by atoms with Gasteiger partial charge in [-0.3, -0.25) is 0 Å². The number of fused-ring (bicyclic) bond motifs is 2. The van der Waals surface area contributed by atoms with Gasteiger partial charge in [0.2, 0.25) is 12.1 Å². The Kier molecular flexibility index (Phi) is 2.82. The van der Waals surface area contributed by atoms with Crippen molar-refractivity contribution in [1.82, 2.24) is 0 Å². The molecule has 1 saturated carbocycles. The average molecular weight is 294 g/mol. The van der Waals surface area contributed by atoms with Crippen LogP contribution < -0.4 is 0 Å². The van der Waals surface area contributed by atoms with Gasteiger partial charge >= 0.3 is 5.97 Å². The molecular formula is C16H22O5. The molecule has 5 rings (SSSR count). The molecule has 21 heavy (non-hydrogen) atoms. The number of hydrogen-bond donors (Lipinski definition) is 0. The lowest BCUT2D eigenvalue weighted by atomic mass is 9.59. The minimum absolute atomic E-state index is 0.00222. The standard InChI is InChI=1S/C16H22O5/c1-4-10-12-6-5-9(2)11-7-8-15(3)19-14(18-13(10)17)16(11,12)21-20-15/h4,9,11-12,14H,5-8H2,1-3H3/b10-4-/t9-,11+,12+,14-,15-,16-/m1/s1. The smallest absolute Gasteiger partial charge is 0.336 e. The summed E-state index contributed by atoms with van der Waals surface area (Å²) in [7, 11) is 0. The summed E-state index contributed by atoms with van der Waals surface area (Å²) in [5.41, 5.74) is 0.0320. The van der Waals surface area contributed by atoms with Gasteiger partial charge < -0.3 is 9.47 Å². The van der Waals surface area contributed by atoms with E-state index in [-0.39, 0.29) is 17.8 Å². The van der Waals surface area contributed by atoms with Crippen molar-refractivity contribution in [3.8, 4) is 0 Å². The van der Waals surface area contributed by atoms with Gasteiger partial charge in [-0.1, -0.05) is 13.0 Å². The van der Waals surface area contributed by atoms with Gasteiger partial charge in [0.15, 0.2) is 5.60 Å². The van der Waals surface area contributed by atoms with Gasteiger partial charge in [-0.05, 0) is 39.0 Å². The Morgan fingerprint density at radius 1 is 1.24 bits per heavy atom. The second kappa shape index (κ2) is 4.31. The number of carbonyl (C=O) groups is 1. The minimum Gasteiger partial charge on any atom is -0.429 e. The van der Waals surface area contributed by atoms with E-state index >= 15 is 0 Å². The zero-order valence-electron chi connectivity index (χ0n) is 12.8. The van der Waals surface area contributed by atoms with Crippen molar-refractivity contribution >= 4 is 5.97 Å². The zero-order chi connectivity index (χ0) is 14.8. The number of esters is 1. The molecule has 116 valence electrons. The van der Waals surface area contributed by atoms with Crippen LogP contribution in [0.5, 0.6) is 0 Å². The Morgan fingerprint density at radius 3 is 2.81 bits per heavy atom. The average Bonchev–Trinajstić information content (AvgIpc) is 2.67. The number of ether oxygens (including phenoxy) is 2. The summed E-state index contributed by atoms with van der Waals surface area (Å²) < 4.78 is 11.6. The molecule has 0 amide bonds. The summed E-state index contributed by atoms with van der Waals surface area (Å²) in [5.74, 6) is -0.297. The van der Waals surface area contributed by atoms with E-state index in [1.165, 1.54) is 0 Å². The Labute approximate surface area is 124 Å². The van der Waals surface area contributed by atoms with Crippen molar-refractivity contribution in [2.45, 2.75) is 64.1 Å². The summed E-state index contributed by atoms with van der Waals surface area (Å²) in [6, 6.07) is 0. The van der Waals surface area contributed by atoms with Crippen molar-refractivity contribution in [3.05, 3.63) is 11.6 Å². The molecule has 4 aliphatic heterocycles. The molecule has 5 aliphatic rings. The second-order valence-corrected chi connectivity index (χ2v) is 7.01. The summed E-state index contributed by atoms with van der Waals surface area (Å²) in [4.78, 5) is 23.9. The fourth-order valence-electron chi connectivity index (χ4n) is 4.73. The Bertz CT molecular complexity index is 515. The van der Waals surface area contributed by atoms with E-state index in [1.807, 2.05) is 19.9 Å². The van der Waals surface area contributed by atoms with Crippen molar-refractivity contribution in [2.75, 3.05) is 0 Å². The number of rotatable bonds is 0. The lowest BCUT2D eigenvalue weighted by Gasteiger charge is -2.56. The van der Waals surface area contributed by atoms with Crippen molar-refractivity contribution in [3.63, 3.8) is 0 Å². The lowest BCUT2D eigenvalue weighted by molar-refractivity contribution is -0.554. The van der Waals surface area contributed by atoms with Crippen molar-refractivity contribution in [1.29, 1.82) is 0 Å². The molecule has 5 heteroatoms. The molecule has 0 radical (unpaired) electrons. The molecule has 4 saturated heterocycles. The highest BCUT2D eigenvalue weighted by molar-refractivity contribution is 5.90. The lowest BCUT2D eigenvalue weighted by Crippen LogP contribution is -2.68. The fourth-order valence-corrected chi connectivity index (χ4v) is 4.73. The van der Waals surface area contributed by atoms with Gasteiger partial charge in [0.1, 0.15) is 0 Å². The van der Waals surface area contributed by atoms with Gasteiger partial charge in [0.05, 0.1) is 0 Å². The third kappa shape index (κ3) is 1.65. The predicted molar refractivity (Wildman–Crippen MR) is 72.6 cm³/mol. The molecule has 5 nitrogen and oxygen atoms in total. The molecule has 0 aromatic rings. The van der Waals surface area contributed by atoms with E-state index in [1.54, 1.807) is 0 Å². The number of carbonyl (C=O) groups excluding carboxylic acids is 1. The molecule has 4 heterocycles. The quantitative estimate of drug-likeness (QED) is 0.390. The molecule has 1 spiro atoms. The van der Waals surface area contributed by atoms with E-state index in [2.05, 4.69) is 6.92 Å². The first-order chi connectivity index (χ1) is 10.00. The first kappa shape index (κ1) is 13.7. The highest BCUT2D eigenvalue weighted by atomic mass is 17.3. The van der Waals surface area contributed by atoms with Crippen LogP contribution in [0.2, 0.25) is 0 Å². The van der Waals surface area contributed by atoms with Gasteiger partial charge in [0.25, 0.3) is 0 Å². The van der Waals surface area contributed by atoms with E-state index in [0.29, 0.717) is 11.5 Å². The van der Waals surface area contributed by atoms with Crippen LogP contribution in [0.15, 0.2) is 11.6 Å². The maximum absolute atomic E-state index is 12.3. The summed E-state index contributed by atoms with van der Waals surface area (Å²) in [6.45, 7) is 5.99. The van der Waals surface area contributed by atoms with E-state index < -0.39 is 17.7 Å². The Hall–Kier alpha value is -0.910. The normalized spacial score (nSPS) is 54.0. The molecule has 6 atom stereocenters. The summed E-state index contributed by atoms with van der Waals surface area (Å²) in [5, 5.41) is 0. The van der Waals surface area contributed by atoms with Gasteiger partial charge in [-0.2, -0.15) is 0 Å². The monoisotopic (exact) mass is 294 g/mol. The maximum Gasteiger partial charge on any atom is 0.336 e. The summed E-state index contributed by atoms with van der Waals surface area (Å²) >= 11 is 0. The maximum atomic E-state index is 12.3. The molecule has 2 bridgehead atoms. The van der Waals surface area contributed by atoms with E-state index in [0.717, 1.165) is 25.7 Å². The third-order valence-electron chi connectivity index (χ3n) is 5.85. The largest absolute Gasteiger partial charge is 0.429 e. The van der Waals surface area contributed by atoms with Crippen LogP contribution in [0.1, 0.15) is 46.5 Å². The first-order valence-electron chi connectivity index (χ1n) is 7.92. The minimum atomic E-state index is -0.814. The van der Waals surface area contributed by atoms with Crippen molar-refractivity contribution < 1.29 is 24.0 Å². The van der Waals surface area contributed by atoms with Crippen LogP contribution in [0, 0.1) is 17.8 Å². The topological polar surface area (TPSA) is 54.0 Å². The van der Waals surface area contributed by atoms with Gasteiger partial charge in [0, 0.05) is 23.8 Å². The van der Waals surface area contributed by atoms with Crippen LogP contribution in [-0.2, 0) is 24.0 Å². The fraction of sp³-hybridized carbons (Fsp3) is 0.812. The second-order valence-electron chi connectivity index (χ2n) is 7.01. The molecule has 1 aliphatic carbocycles. The van der Waals surface area contributed by atoms with E-state index in [4.69, 9.17) is 19.2 Å². The van der Waals surface area contributed by atoms with Crippen LogP contribution in [0.4, 0.5) is 0 Å². The number of allylic oxidation sites excluding steroid dienone is 1. The molecular weight excluding hydrogens is 272 g/mol. The third-order valence-corrected chi connectivity index (χ3v) is 5.85. The highest BCUT2D eigenvalue weighted by Gasteiger charge is 2.69. The number of hydrogen-bond acceptors (Lipinski definition) is 5. The van der Waals surface area contributed by atoms with Crippen molar-refractivity contribution in [2.24, 2.45) is 17.8 Å². The van der Waals surface area contributed by atoms with Crippen LogP contribution >= 0.6 is 0 Å². The molecule has 0 N–H and O–H groups in total. The molecule has 5 fully saturated rings. The molecule has 0 aromatic heterocycles. The van der Waals surface area contributed by atoms with E-state index in [9.17, 15) is 4.79 Å². The van der Waals surface area contributed by atoms with Crippen LogP contribution in [0.3, 0.4) is 0 Å². The zero-order valence-corrected chi connectivity index (χ0v) is 12.8. The Morgan fingerprint density at radius 2 is 2.05 bits per heavy atom. The van der Waals surface area contributed by atoms with Gasteiger partial charge in [-0.15, -0.1) is 0 Å². The highest BCUT2D eigenvalue weighted by Crippen LogP contribution is 2.59.